The Kier molecular flexibility index (Phi) is 7.54. The van der Waals surface area contributed by atoms with Crippen LogP contribution in [0.1, 0.15) is 46.2 Å². The Hall–Kier alpha value is -3.14. The summed E-state index contributed by atoms with van der Waals surface area (Å²) in [6.45, 7) is 1.83. The minimum atomic E-state index is -3.79. The van der Waals surface area contributed by atoms with Crippen LogP contribution in [0, 0.1) is 0 Å². The Labute approximate surface area is 168 Å². The molecular weight excluding hydrogens is 400 g/mol. The molecule has 0 spiro atoms. The Balaban J connectivity index is 2.22. The first-order chi connectivity index (χ1) is 13.8. The second-order valence-corrected chi connectivity index (χ2v) is 7.96. The Morgan fingerprint density at radius 2 is 2.00 bits per heavy atom. The zero-order chi connectivity index (χ0) is 21.4. The quantitative estimate of drug-likeness (QED) is 0.596. The van der Waals surface area contributed by atoms with Crippen LogP contribution in [0.4, 0.5) is 0 Å². The molecule has 156 valence electrons. The lowest BCUT2D eigenvalue weighted by atomic mass is 10.2. The second kappa shape index (κ2) is 9.87. The van der Waals surface area contributed by atoms with Gasteiger partial charge in [-0.3, -0.25) is 4.79 Å². The molecule has 1 amide bonds. The summed E-state index contributed by atoms with van der Waals surface area (Å²) in [7, 11) is -2.27. The summed E-state index contributed by atoms with van der Waals surface area (Å²) in [4.78, 5) is 27.4. The predicted octanol–water partition coefficient (Wildman–Crippen LogP) is 2.23. The molecule has 0 bridgehead atoms. The third-order valence-electron chi connectivity index (χ3n) is 3.86. The van der Waals surface area contributed by atoms with E-state index in [1.54, 1.807) is 24.3 Å². The number of carbonyl (C=O) groups is 2. The smallest absolute Gasteiger partial charge is 0.358 e. The number of hydrogen-bond acceptors (Lipinski definition) is 7. The molecule has 1 aromatic heterocycles. The van der Waals surface area contributed by atoms with Crippen LogP contribution in [0.15, 0.2) is 36.5 Å². The van der Waals surface area contributed by atoms with Crippen molar-refractivity contribution in [3.8, 4) is 11.5 Å². The molecule has 0 saturated carbocycles. The molecule has 29 heavy (non-hydrogen) atoms. The monoisotopic (exact) mass is 422 g/mol. The van der Waals surface area contributed by atoms with E-state index in [4.69, 9.17) is 9.47 Å². The number of rotatable bonds is 10. The van der Waals surface area contributed by atoms with Gasteiger partial charge < -0.3 is 14.6 Å². The van der Waals surface area contributed by atoms with E-state index in [0.717, 1.165) is 12.3 Å². The van der Waals surface area contributed by atoms with Gasteiger partial charge in [-0.15, -0.1) is 0 Å². The highest BCUT2D eigenvalue weighted by Gasteiger charge is 2.20. The molecule has 0 fully saturated rings. The normalized spacial score (nSPS) is 11.0. The molecule has 1 aromatic carbocycles. The lowest BCUT2D eigenvalue weighted by Gasteiger charge is -2.11. The number of hydrogen-bond donors (Lipinski definition) is 2. The molecule has 1 heterocycles. The number of ether oxygens (including phenoxy) is 2. The fourth-order valence-electron chi connectivity index (χ4n) is 2.35. The number of aromatic carboxylic acids is 1. The fraction of sp³-hybridized carbons (Fsp3) is 0.316. The van der Waals surface area contributed by atoms with Crippen LogP contribution in [0.2, 0.25) is 0 Å². The molecule has 0 unspecified atom stereocenters. The van der Waals surface area contributed by atoms with Crippen molar-refractivity contribution in [2.24, 2.45) is 0 Å². The van der Waals surface area contributed by atoms with Crippen LogP contribution in [0.3, 0.4) is 0 Å². The number of amides is 1. The second-order valence-electron chi connectivity index (χ2n) is 6.12. The third-order valence-corrected chi connectivity index (χ3v) is 5.18. The zero-order valence-corrected chi connectivity index (χ0v) is 16.9. The van der Waals surface area contributed by atoms with E-state index in [-0.39, 0.29) is 23.7 Å². The molecule has 0 aliphatic heterocycles. The summed E-state index contributed by atoms with van der Waals surface area (Å²) in [5, 5.41) is 9.30. The van der Waals surface area contributed by atoms with Gasteiger partial charge in [0, 0.05) is 6.20 Å². The Morgan fingerprint density at radius 3 is 2.66 bits per heavy atom. The Morgan fingerprint density at radius 1 is 1.24 bits per heavy atom. The molecule has 0 saturated heterocycles. The summed E-state index contributed by atoms with van der Waals surface area (Å²) in [6, 6.07) is 8.12. The largest absolute Gasteiger partial charge is 0.497 e. The van der Waals surface area contributed by atoms with Gasteiger partial charge in [-0.1, -0.05) is 25.5 Å². The summed E-state index contributed by atoms with van der Waals surface area (Å²) in [5.41, 5.74) is 0.187. The maximum atomic E-state index is 12.3. The van der Waals surface area contributed by atoms with E-state index in [2.05, 4.69) is 4.98 Å². The summed E-state index contributed by atoms with van der Waals surface area (Å²) >= 11 is 0. The molecule has 2 N–H and O–H groups in total. The number of aromatic nitrogens is 1. The predicted molar refractivity (Wildman–Crippen MR) is 105 cm³/mol. The lowest BCUT2D eigenvalue weighted by molar-refractivity contribution is 0.0684. The van der Waals surface area contributed by atoms with Crippen molar-refractivity contribution in [1.29, 1.82) is 0 Å². The van der Waals surface area contributed by atoms with Gasteiger partial charge in [0.2, 0.25) is 10.0 Å². The summed E-state index contributed by atoms with van der Waals surface area (Å²) in [6.07, 6.45) is 2.06. The van der Waals surface area contributed by atoms with Crippen molar-refractivity contribution >= 4 is 21.9 Å². The third kappa shape index (κ3) is 6.46. The van der Waals surface area contributed by atoms with Crippen molar-refractivity contribution in [3.63, 3.8) is 0 Å². The fourth-order valence-corrected chi connectivity index (χ4v) is 3.52. The number of sulfonamides is 1. The van der Waals surface area contributed by atoms with Crippen molar-refractivity contribution in [2.75, 3.05) is 12.9 Å². The van der Waals surface area contributed by atoms with E-state index in [0.29, 0.717) is 24.2 Å². The van der Waals surface area contributed by atoms with Crippen LogP contribution in [-0.2, 0) is 16.6 Å². The number of carboxylic acids is 1. The first-order valence-corrected chi connectivity index (χ1v) is 10.4. The number of nitrogens with one attached hydrogen (secondary N) is 1. The van der Waals surface area contributed by atoms with Crippen LogP contribution in [0.25, 0.3) is 0 Å². The van der Waals surface area contributed by atoms with Gasteiger partial charge in [0.05, 0.1) is 18.4 Å². The maximum Gasteiger partial charge on any atom is 0.358 e. The van der Waals surface area contributed by atoms with E-state index in [9.17, 15) is 23.1 Å². The number of unbranched alkanes of at least 4 members (excludes halogenated alkanes) is 1. The van der Waals surface area contributed by atoms with Crippen molar-refractivity contribution < 1.29 is 32.6 Å². The van der Waals surface area contributed by atoms with Gasteiger partial charge in [-0.2, -0.15) is 0 Å². The van der Waals surface area contributed by atoms with Gasteiger partial charge in [0.25, 0.3) is 5.91 Å². The highest BCUT2D eigenvalue weighted by atomic mass is 32.2. The SMILES string of the molecule is CCCCS(=O)(=O)NC(=O)c1cnc(C(=O)O)c(OCc2cccc(OC)c2)c1. The number of carbonyl (C=O) groups excluding carboxylic acids is 1. The van der Waals surface area contributed by atoms with E-state index >= 15 is 0 Å². The van der Waals surface area contributed by atoms with Gasteiger partial charge >= 0.3 is 5.97 Å². The Bertz CT molecular complexity index is 990. The van der Waals surface area contributed by atoms with Gasteiger partial charge in [-0.05, 0) is 30.2 Å². The zero-order valence-electron chi connectivity index (χ0n) is 16.0. The number of nitrogens with zero attached hydrogens (tertiary/aromatic N) is 1. The van der Waals surface area contributed by atoms with Gasteiger partial charge in [0.15, 0.2) is 11.4 Å². The summed E-state index contributed by atoms with van der Waals surface area (Å²) in [5.74, 6) is -1.98. The minimum absolute atomic E-state index is 0.000961. The number of benzene rings is 1. The standard InChI is InChI=1S/C19H22N2O7S/c1-3-4-8-29(25,26)21-18(22)14-10-16(17(19(23)24)20-11-14)28-12-13-6-5-7-15(9-13)27-2/h5-7,9-11H,3-4,8,12H2,1-2H3,(H,21,22)(H,23,24). The number of methoxy groups -OCH3 is 1. The molecule has 0 atom stereocenters. The molecule has 0 aliphatic rings. The van der Waals surface area contributed by atoms with Gasteiger partial charge in [-0.25, -0.2) is 22.9 Å². The molecule has 9 nitrogen and oxygen atoms in total. The van der Waals surface area contributed by atoms with Crippen molar-refractivity contribution in [1.82, 2.24) is 9.71 Å². The van der Waals surface area contributed by atoms with Crippen LogP contribution in [0.5, 0.6) is 11.5 Å². The van der Waals surface area contributed by atoms with Gasteiger partial charge in [0.1, 0.15) is 12.4 Å². The first-order valence-electron chi connectivity index (χ1n) is 8.79. The lowest BCUT2D eigenvalue weighted by Crippen LogP contribution is -2.32. The average Bonchev–Trinajstić information content (AvgIpc) is 2.70. The molecule has 2 rings (SSSR count). The van der Waals surface area contributed by atoms with Crippen LogP contribution >= 0.6 is 0 Å². The number of pyridine rings is 1. The van der Waals surface area contributed by atoms with Crippen LogP contribution in [-0.4, -0.2) is 43.2 Å². The highest BCUT2D eigenvalue weighted by molar-refractivity contribution is 7.90. The molecule has 0 aliphatic carbocycles. The topological polar surface area (TPSA) is 132 Å². The van der Waals surface area contributed by atoms with E-state index in [1.165, 1.54) is 7.11 Å². The van der Waals surface area contributed by atoms with Crippen molar-refractivity contribution in [2.45, 2.75) is 26.4 Å². The maximum absolute atomic E-state index is 12.3. The highest BCUT2D eigenvalue weighted by Crippen LogP contribution is 2.21. The van der Waals surface area contributed by atoms with Crippen LogP contribution < -0.4 is 14.2 Å². The number of carboxylic acid groups (broad SMARTS) is 1. The summed E-state index contributed by atoms with van der Waals surface area (Å²) < 4.78 is 36.4. The minimum Gasteiger partial charge on any atom is -0.497 e. The average molecular weight is 422 g/mol. The van der Waals surface area contributed by atoms with E-state index < -0.39 is 27.6 Å². The molecule has 10 heteroatoms. The van der Waals surface area contributed by atoms with E-state index in [1.807, 2.05) is 11.6 Å². The first kappa shape index (κ1) is 22.2. The molecular formula is C19H22N2O7S. The van der Waals surface area contributed by atoms with Crippen molar-refractivity contribution in [3.05, 3.63) is 53.3 Å². The molecule has 0 radical (unpaired) electrons. The molecule has 2 aromatic rings.